The van der Waals surface area contributed by atoms with Crippen molar-refractivity contribution >= 4 is 5.97 Å². The second-order valence-electron chi connectivity index (χ2n) is 10.4. The summed E-state index contributed by atoms with van der Waals surface area (Å²) in [5.41, 5.74) is 1.81. The Labute approximate surface area is 250 Å². The number of carbonyl (C=O) groups is 1. The van der Waals surface area contributed by atoms with Gasteiger partial charge in [0.1, 0.15) is 17.2 Å². The van der Waals surface area contributed by atoms with Crippen LogP contribution < -0.4 is 14.2 Å². The zero-order valence-corrected chi connectivity index (χ0v) is 24.1. The van der Waals surface area contributed by atoms with Gasteiger partial charge in [-0.2, -0.15) is 0 Å². The summed E-state index contributed by atoms with van der Waals surface area (Å²) in [6.45, 7) is 5.98. The molecule has 9 heteroatoms. The third kappa shape index (κ3) is 10.7. The highest BCUT2D eigenvalue weighted by Gasteiger charge is 2.36. The summed E-state index contributed by atoms with van der Waals surface area (Å²) in [6, 6.07) is 18.7. The van der Waals surface area contributed by atoms with Crippen molar-refractivity contribution < 1.29 is 41.7 Å². The normalized spacial score (nSPS) is 13.8. The number of esters is 1. The molecule has 0 saturated carbocycles. The fourth-order valence-corrected chi connectivity index (χ4v) is 4.26. The highest BCUT2D eigenvalue weighted by Crippen LogP contribution is 2.31. The SMILES string of the molecule is CCC1(COCCCCCCOc2ccc(C(=O)Oc3ccc(C#Cc4ccc(OC(F)(F)F)cc4)cc3)cc2)COC1. The maximum atomic E-state index is 12.5. The molecule has 0 atom stereocenters. The molecule has 0 unspecified atom stereocenters. The van der Waals surface area contributed by atoms with Crippen molar-refractivity contribution in [1.82, 2.24) is 0 Å². The predicted molar refractivity (Wildman–Crippen MR) is 155 cm³/mol. The van der Waals surface area contributed by atoms with Crippen molar-refractivity contribution in [3.8, 4) is 29.1 Å². The Balaban J connectivity index is 1.12. The molecule has 0 N–H and O–H groups in total. The lowest BCUT2D eigenvalue weighted by Gasteiger charge is -2.40. The van der Waals surface area contributed by atoms with E-state index in [0.29, 0.717) is 34.8 Å². The van der Waals surface area contributed by atoms with Gasteiger partial charge in [0.2, 0.25) is 0 Å². The third-order valence-electron chi connectivity index (χ3n) is 7.02. The summed E-state index contributed by atoms with van der Waals surface area (Å²) in [5, 5.41) is 0. The van der Waals surface area contributed by atoms with E-state index in [9.17, 15) is 18.0 Å². The number of rotatable bonds is 14. The first-order chi connectivity index (χ1) is 20.7. The van der Waals surface area contributed by atoms with E-state index in [2.05, 4.69) is 23.5 Å². The molecule has 0 bridgehead atoms. The summed E-state index contributed by atoms with van der Waals surface area (Å²) in [4.78, 5) is 12.5. The molecular weight excluding hydrogens is 561 g/mol. The standard InChI is InChI=1S/C34H35F3O6/c1-2-33(24-40-25-33)23-39-21-5-3-4-6-22-41-29-19-13-28(14-20-29)32(38)42-30-15-9-26(10-16-30)7-8-27-11-17-31(18-12-27)43-34(35,36)37/h9-20H,2-6,21-25H2,1H3. The van der Waals surface area contributed by atoms with Crippen molar-refractivity contribution in [2.24, 2.45) is 5.41 Å². The van der Waals surface area contributed by atoms with E-state index < -0.39 is 12.3 Å². The Bertz CT molecular complexity index is 1350. The van der Waals surface area contributed by atoms with Gasteiger partial charge in [-0.15, -0.1) is 13.2 Å². The number of hydrogen-bond donors (Lipinski definition) is 0. The van der Waals surface area contributed by atoms with Gasteiger partial charge in [-0.25, -0.2) is 4.79 Å². The smallest absolute Gasteiger partial charge is 0.494 e. The molecule has 0 aliphatic carbocycles. The molecule has 1 heterocycles. The average molecular weight is 597 g/mol. The minimum absolute atomic E-state index is 0.241. The van der Waals surface area contributed by atoms with Crippen LogP contribution in [-0.4, -0.2) is 45.4 Å². The van der Waals surface area contributed by atoms with Gasteiger partial charge in [0.25, 0.3) is 0 Å². The molecule has 0 aromatic heterocycles. The fraction of sp³-hybridized carbons (Fsp3) is 0.382. The van der Waals surface area contributed by atoms with Crippen molar-refractivity contribution in [2.45, 2.75) is 45.4 Å². The number of alkyl halides is 3. The lowest BCUT2D eigenvalue weighted by Crippen LogP contribution is -2.45. The van der Waals surface area contributed by atoms with Gasteiger partial charge in [0, 0.05) is 23.1 Å². The molecule has 4 rings (SSSR count). The Morgan fingerprint density at radius 2 is 1.35 bits per heavy atom. The minimum Gasteiger partial charge on any atom is -0.494 e. The van der Waals surface area contributed by atoms with E-state index in [1.54, 1.807) is 48.5 Å². The van der Waals surface area contributed by atoms with Crippen LogP contribution in [0.2, 0.25) is 0 Å². The molecular formula is C34H35F3O6. The fourth-order valence-electron chi connectivity index (χ4n) is 4.26. The van der Waals surface area contributed by atoms with Crippen LogP contribution >= 0.6 is 0 Å². The first kappa shape index (κ1) is 31.9. The van der Waals surface area contributed by atoms with Crippen LogP contribution in [0.4, 0.5) is 13.2 Å². The molecule has 6 nitrogen and oxygen atoms in total. The summed E-state index contributed by atoms with van der Waals surface area (Å²) >= 11 is 0. The van der Waals surface area contributed by atoms with Crippen LogP contribution in [0.1, 0.15) is 60.5 Å². The van der Waals surface area contributed by atoms with Gasteiger partial charge in [0.15, 0.2) is 0 Å². The van der Waals surface area contributed by atoms with Crippen LogP contribution in [0.15, 0.2) is 72.8 Å². The molecule has 0 spiro atoms. The zero-order valence-electron chi connectivity index (χ0n) is 24.1. The number of benzene rings is 3. The van der Waals surface area contributed by atoms with Gasteiger partial charge in [-0.1, -0.05) is 25.2 Å². The molecule has 1 aliphatic rings. The lowest BCUT2D eigenvalue weighted by atomic mass is 9.84. The van der Waals surface area contributed by atoms with Crippen LogP contribution in [-0.2, 0) is 9.47 Å². The molecule has 3 aromatic carbocycles. The Morgan fingerprint density at radius 1 is 0.791 bits per heavy atom. The predicted octanol–water partition coefficient (Wildman–Crippen LogP) is 7.59. The Hall–Kier alpha value is -4.00. The number of unbranched alkanes of at least 4 members (excludes halogenated alkanes) is 3. The van der Waals surface area contributed by atoms with E-state index in [4.69, 9.17) is 18.9 Å². The van der Waals surface area contributed by atoms with Crippen molar-refractivity contribution in [3.63, 3.8) is 0 Å². The van der Waals surface area contributed by atoms with E-state index in [1.165, 1.54) is 24.3 Å². The molecule has 1 fully saturated rings. The Kier molecular flexibility index (Phi) is 11.5. The minimum atomic E-state index is -4.74. The van der Waals surface area contributed by atoms with Crippen molar-refractivity contribution in [3.05, 3.63) is 89.5 Å². The summed E-state index contributed by atoms with van der Waals surface area (Å²) in [5.74, 6) is 6.03. The number of carbonyl (C=O) groups excluding carboxylic acids is 1. The molecule has 0 radical (unpaired) electrons. The topological polar surface area (TPSA) is 63.2 Å². The van der Waals surface area contributed by atoms with Crippen LogP contribution in [0, 0.1) is 17.3 Å². The monoisotopic (exact) mass is 596 g/mol. The first-order valence-corrected chi connectivity index (χ1v) is 14.3. The number of ether oxygens (including phenoxy) is 5. The maximum Gasteiger partial charge on any atom is 0.573 e. The summed E-state index contributed by atoms with van der Waals surface area (Å²) in [7, 11) is 0. The van der Waals surface area contributed by atoms with E-state index in [1.807, 2.05) is 0 Å². The van der Waals surface area contributed by atoms with E-state index in [-0.39, 0.29) is 11.2 Å². The van der Waals surface area contributed by atoms with Gasteiger partial charge < -0.3 is 23.7 Å². The second kappa shape index (κ2) is 15.5. The average Bonchev–Trinajstić information content (AvgIpc) is 2.97. The molecule has 3 aromatic rings. The van der Waals surface area contributed by atoms with E-state index in [0.717, 1.165) is 58.5 Å². The zero-order chi connectivity index (χ0) is 30.5. The van der Waals surface area contributed by atoms with Crippen LogP contribution in [0.5, 0.6) is 17.2 Å². The van der Waals surface area contributed by atoms with Gasteiger partial charge >= 0.3 is 12.3 Å². The second-order valence-corrected chi connectivity index (χ2v) is 10.4. The van der Waals surface area contributed by atoms with Gasteiger partial charge in [0.05, 0.1) is 32.0 Å². The third-order valence-corrected chi connectivity index (χ3v) is 7.02. The van der Waals surface area contributed by atoms with Gasteiger partial charge in [-0.3, -0.25) is 0 Å². The van der Waals surface area contributed by atoms with Gasteiger partial charge in [-0.05, 0) is 98.5 Å². The summed E-state index contributed by atoms with van der Waals surface area (Å²) in [6.07, 6.45) is 0.492. The number of halogens is 3. The highest BCUT2D eigenvalue weighted by atomic mass is 19.4. The Morgan fingerprint density at radius 3 is 1.88 bits per heavy atom. The first-order valence-electron chi connectivity index (χ1n) is 14.3. The molecule has 43 heavy (non-hydrogen) atoms. The van der Waals surface area contributed by atoms with Crippen molar-refractivity contribution in [1.29, 1.82) is 0 Å². The maximum absolute atomic E-state index is 12.5. The quantitative estimate of drug-likeness (QED) is 0.0827. The van der Waals surface area contributed by atoms with Crippen LogP contribution in [0.3, 0.4) is 0 Å². The van der Waals surface area contributed by atoms with E-state index >= 15 is 0 Å². The molecule has 1 aliphatic heterocycles. The summed E-state index contributed by atoms with van der Waals surface area (Å²) < 4.78 is 63.1. The molecule has 228 valence electrons. The lowest BCUT2D eigenvalue weighted by molar-refractivity contribution is -0.274. The van der Waals surface area contributed by atoms with Crippen molar-refractivity contribution in [2.75, 3.05) is 33.0 Å². The molecule has 1 saturated heterocycles. The number of hydrogen-bond acceptors (Lipinski definition) is 6. The molecule has 0 amide bonds. The van der Waals surface area contributed by atoms with Crippen LogP contribution in [0.25, 0.3) is 0 Å². The highest BCUT2D eigenvalue weighted by molar-refractivity contribution is 5.91. The largest absolute Gasteiger partial charge is 0.573 e.